The number of anilines is 1. The van der Waals surface area contributed by atoms with E-state index in [0.717, 1.165) is 54.2 Å². The summed E-state index contributed by atoms with van der Waals surface area (Å²) in [5.41, 5.74) is 11.2. The van der Waals surface area contributed by atoms with Crippen molar-refractivity contribution >= 4 is 43.6 Å². The summed E-state index contributed by atoms with van der Waals surface area (Å²) in [5, 5.41) is 5.05. The number of aromatic nitrogens is 5. The largest absolute Gasteiger partial charge is 0.383 e. The number of rotatable bonds is 7. The zero-order valence-corrected chi connectivity index (χ0v) is 26.2. The SMILES string of the molecule is Cc1ccc(S(=O)(=O)n2c(C(=O)c3cnn(-c4ccc5nc(C)[nH]c5c4)c3N)cc3ccc(CN4CCN(C)CC4)cc32)cc1. The van der Waals surface area contributed by atoms with E-state index in [2.05, 4.69) is 31.9 Å². The maximum Gasteiger partial charge on any atom is 0.268 e. The van der Waals surface area contributed by atoms with Crippen LogP contribution in [0.5, 0.6) is 0 Å². The smallest absolute Gasteiger partial charge is 0.268 e. The molecule has 1 saturated heterocycles. The molecule has 4 heterocycles. The normalized spacial score (nSPS) is 14.9. The average Bonchev–Trinajstić information content (AvgIpc) is 3.71. The van der Waals surface area contributed by atoms with Crippen LogP contribution in [0.25, 0.3) is 27.6 Å². The number of fused-ring (bicyclic) bond motifs is 2. The molecule has 6 aromatic rings. The molecule has 11 nitrogen and oxygen atoms in total. The molecule has 3 aromatic carbocycles. The van der Waals surface area contributed by atoms with Crippen LogP contribution in [0.15, 0.2) is 77.8 Å². The number of aromatic amines is 1. The van der Waals surface area contributed by atoms with E-state index in [-0.39, 0.29) is 22.0 Å². The zero-order valence-electron chi connectivity index (χ0n) is 25.4. The number of aryl methyl sites for hydroxylation is 2. The van der Waals surface area contributed by atoms with Gasteiger partial charge < -0.3 is 15.6 Å². The second-order valence-corrected chi connectivity index (χ2v) is 13.6. The molecule has 1 aliphatic heterocycles. The number of nitrogen functional groups attached to an aromatic ring is 1. The lowest BCUT2D eigenvalue weighted by molar-refractivity contribution is 0.103. The van der Waals surface area contributed by atoms with Gasteiger partial charge in [0.1, 0.15) is 17.3 Å². The zero-order chi connectivity index (χ0) is 31.5. The molecule has 7 rings (SSSR count). The van der Waals surface area contributed by atoms with Crippen molar-refractivity contribution in [2.24, 2.45) is 0 Å². The first-order valence-corrected chi connectivity index (χ1v) is 16.2. The Kier molecular flexibility index (Phi) is 7.07. The number of benzene rings is 3. The highest BCUT2D eigenvalue weighted by atomic mass is 32.2. The van der Waals surface area contributed by atoms with Gasteiger partial charge in [-0.15, -0.1) is 0 Å². The van der Waals surface area contributed by atoms with E-state index in [0.29, 0.717) is 23.1 Å². The summed E-state index contributed by atoms with van der Waals surface area (Å²) >= 11 is 0. The number of imidazole rings is 1. The number of carbonyl (C=O) groups excluding carboxylic acids is 1. The first-order valence-electron chi connectivity index (χ1n) is 14.8. The van der Waals surface area contributed by atoms with Gasteiger partial charge in [0.05, 0.1) is 38.9 Å². The van der Waals surface area contributed by atoms with Crippen LogP contribution in [0, 0.1) is 13.8 Å². The lowest BCUT2D eigenvalue weighted by Crippen LogP contribution is -2.43. The van der Waals surface area contributed by atoms with Crippen molar-refractivity contribution in [1.29, 1.82) is 0 Å². The Bertz CT molecular complexity index is 2190. The van der Waals surface area contributed by atoms with E-state index in [1.54, 1.807) is 30.3 Å². The third-order valence-electron chi connectivity index (χ3n) is 8.50. The highest BCUT2D eigenvalue weighted by Crippen LogP contribution is 2.31. The molecule has 230 valence electrons. The number of carbonyl (C=O) groups is 1. The van der Waals surface area contributed by atoms with Crippen molar-refractivity contribution in [2.75, 3.05) is 39.0 Å². The Morgan fingerprint density at radius 3 is 2.47 bits per heavy atom. The van der Waals surface area contributed by atoms with E-state index >= 15 is 0 Å². The average molecular weight is 623 g/mol. The van der Waals surface area contributed by atoms with Gasteiger partial charge in [-0.3, -0.25) is 9.69 Å². The van der Waals surface area contributed by atoms with Crippen molar-refractivity contribution in [1.82, 2.24) is 33.5 Å². The molecule has 3 aromatic heterocycles. The molecule has 0 amide bonds. The van der Waals surface area contributed by atoms with Crippen molar-refractivity contribution in [3.05, 3.63) is 101 Å². The van der Waals surface area contributed by atoms with E-state index in [4.69, 9.17) is 5.73 Å². The van der Waals surface area contributed by atoms with Crippen LogP contribution in [0.3, 0.4) is 0 Å². The second-order valence-electron chi connectivity index (χ2n) is 11.8. The van der Waals surface area contributed by atoms with Crippen LogP contribution in [0.4, 0.5) is 5.82 Å². The predicted octanol–water partition coefficient (Wildman–Crippen LogP) is 4.12. The number of nitrogens with zero attached hydrogens (tertiary/aromatic N) is 6. The first-order chi connectivity index (χ1) is 21.6. The number of nitrogens with one attached hydrogen (secondary N) is 1. The Labute approximate surface area is 260 Å². The van der Waals surface area contributed by atoms with Crippen LogP contribution in [-0.4, -0.2) is 80.9 Å². The van der Waals surface area contributed by atoms with Gasteiger partial charge in [0.25, 0.3) is 10.0 Å². The highest BCUT2D eigenvalue weighted by molar-refractivity contribution is 7.90. The summed E-state index contributed by atoms with van der Waals surface area (Å²) in [7, 11) is -2.05. The van der Waals surface area contributed by atoms with Crippen molar-refractivity contribution < 1.29 is 13.2 Å². The second kappa shape index (κ2) is 11.0. The van der Waals surface area contributed by atoms with E-state index < -0.39 is 15.8 Å². The molecule has 12 heteroatoms. The van der Waals surface area contributed by atoms with Gasteiger partial charge in [-0.25, -0.2) is 22.1 Å². The molecule has 0 spiro atoms. The van der Waals surface area contributed by atoms with Crippen LogP contribution >= 0.6 is 0 Å². The molecule has 1 fully saturated rings. The monoisotopic (exact) mass is 622 g/mol. The molecule has 0 bridgehead atoms. The third kappa shape index (κ3) is 5.20. The Hall–Kier alpha value is -4.78. The molecule has 0 radical (unpaired) electrons. The Balaban J connectivity index is 1.33. The number of hydrogen-bond donors (Lipinski definition) is 2. The topological polar surface area (TPSA) is 135 Å². The molecular formula is C33H34N8O3S. The third-order valence-corrected chi connectivity index (χ3v) is 10.2. The number of ketones is 1. The number of H-pyrrole nitrogens is 1. The standard InChI is InChI=1S/C33H34N8O3S/c1-21-4-9-26(10-5-21)45(43,44)41-30-16-23(20-39-14-12-38(3)13-15-39)6-7-24(30)17-31(41)32(42)27-19-35-40(33(27)34)25-8-11-28-29(18-25)37-22(2)36-28/h4-11,16-19H,12-15,20,34H2,1-3H3,(H,36,37). The van der Waals surface area contributed by atoms with Crippen LogP contribution in [0.1, 0.15) is 33.0 Å². The van der Waals surface area contributed by atoms with Gasteiger partial charge in [-0.05, 0) is 68.9 Å². The van der Waals surface area contributed by atoms with Crippen molar-refractivity contribution in [3.63, 3.8) is 0 Å². The van der Waals surface area contributed by atoms with Gasteiger partial charge in [0.2, 0.25) is 5.78 Å². The van der Waals surface area contributed by atoms with Crippen LogP contribution < -0.4 is 5.73 Å². The summed E-state index contributed by atoms with van der Waals surface area (Å²) in [6.07, 6.45) is 1.39. The fraction of sp³-hybridized carbons (Fsp3) is 0.242. The van der Waals surface area contributed by atoms with Gasteiger partial charge in [-0.2, -0.15) is 5.10 Å². The lowest BCUT2D eigenvalue weighted by atomic mass is 10.1. The minimum absolute atomic E-state index is 0.00628. The summed E-state index contributed by atoms with van der Waals surface area (Å²) < 4.78 is 31.2. The van der Waals surface area contributed by atoms with Gasteiger partial charge in [0, 0.05) is 38.1 Å². The Morgan fingerprint density at radius 1 is 0.956 bits per heavy atom. The van der Waals surface area contributed by atoms with E-state index in [1.165, 1.54) is 14.9 Å². The first kappa shape index (κ1) is 29.0. The summed E-state index contributed by atoms with van der Waals surface area (Å²) in [6.45, 7) is 8.26. The molecule has 45 heavy (non-hydrogen) atoms. The minimum Gasteiger partial charge on any atom is -0.383 e. The van der Waals surface area contributed by atoms with Crippen molar-refractivity contribution in [2.45, 2.75) is 25.3 Å². The molecule has 0 unspecified atom stereocenters. The summed E-state index contributed by atoms with van der Waals surface area (Å²) in [5.74, 6) is 0.348. The number of likely N-dealkylation sites (N-methyl/N-ethyl adjacent to an activating group) is 1. The van der Waals surface area contributed by atoms with E-state index in [9.17, 15) is 13.2 Å². The van der Waals surface area contributed by atoms with Crippen molar-refractivity contribution in [3.8, 4) is 5.69 Å². The quantitative estimate of drug-likeness (QED) is 0.254. The Morgan fingerprint density at radius 2 is 1.71 bits per heavy atom. The minimum atomic E-state index is -4.16. The predicted molar refractivity (Wildman–Crippen MR) is 174 cm³/mol. The number of hydrogen-bond acceptors (Lipinski definition) is 8. The molecule has 0 atom stereocenters. The fourth-order valence-electron chi connectivity index (χ4n) is 5.95. The van der Waals surface area contributed by atoms with E-state index in [1.807, 2.05) is 50.2 Å². The maximum absolute atomic E-state index is 14.3. The summed E-state index contributed by atoms with van der Waals surface area (Å²) in [4.78, 5) is 26.6. The lowest BCUT2D eigenvalue weighted by Gasteiger charge is -2.32. The molecule has 0 saturated carbocycles. The molecule has 1 aliphatic rings. The van der Waals surface area contributed by atoms with Gasteiger partial charge in [0.15, 0.2) is 0 Å². The molecular weight excluding hydrogens is 588 g/mol. The van der Waals surface area contributed by atoms with Gasteiger partial charge >= 0.3 is 0 Å². The summed E-state index contributed by atoms with van der Waals surface area (Å²) in [6, 6.07) is 19.5. The highest BCUT2D eigenvalue weighted by Gasteiger charge is 2.29. The number of nitrogens with two attached hydrogens (primary N) is 1. The van der Waals surface area contributed by atoms with Crippen LogP contribution in [0.2, 0.25) is 0 Å². The van der Waals surface area contributed by atoms with Gasteiger partial charge in [-0.1, -0.05) is 29.8 Å². The number of piperazine rings is 1. The van der Waals surface area contributed by atoms with Crippen LogP contribution in [-0.2, 0) is 16.6 Å². The maximum atomic E-state index is 14.3. The molecule has 0 aliphatic carbocycles. The molecule has 3 N–H and O–H groups in total. The fourth-order valence-corrected chi connectivity index (χ4v) is 7.45.